The summed E-state index contributed by atoms with van der Waals surface area (Å²) in [5.74, 6) is 0. The van der Waals surface area contributed by atoms with Crippen LogP contribution in [0.5, 0.6) is 0 Å². The summed E-state index contributed by atoms with van der Waals surface area (Å²) in [6.07, 6.45) is 2.67. The van der Waals surface area contributed by atoms with Gasteiger partial charge < -0.3 is 25.2 Å². The van der Waals surface area contributed by atoms with Crippen LogP contribution in [0.4, 0.5) is 0 Å². The topological polar surface area (TPSA) is 90.2 Å². The Hall–Kier alpha value is -0.200. The normalized spacial score (nSPS) is 35.5. The van der Waals surface area contributed by atoms with Gasteiger partial charge in [-0.05, 0) is 6.42 Å². The molecule has 1 aliphatic rings. The number of ether oxygens (including phenoxy) is 1. The van der Waals surface area contributed by atoms with Crippen molar-refractivity contribution in [2.45, 2.75) is 82.4 Å². The predicted molar refractivity (Wildman–Crippen MR) is 71.8 cm³/mol. The van der Waals surface area contributed by atoms with Crippen molar-refractivity contribution in [3.05, 3.63) is 0 Å². The summed E-state index contributed by atoms with van der Waals surface area (Å²) in [7, 11) is 0. The minimum Gasteiger partial charge on any atom is -0.394 e. The smallest absolute Gasteiger partial charge is 0.111 e. The average Bonchev–Trinajstić information content (AvgIpc) is 2.42. The summed E-state index contributed by atoms with van der Waals surface area (Å²) in [4.78, 5) is 0. The Morgan fingerprint density at radius 1 is 0.789 bits per heavy atom. The fraction of sp³-hybridized carbons (Fsp3) is 1.00. The van der Waals surface area contributed by atoms with Crippen molar-refractivity contribution in [3.63, 3.8) is 0 Å². The molecule has 0 bridgehead atoms. The third kappa shape index (κ3) is 5.00. The van der Waals surface area contributed by atoms with Gasteiger partial charge in [-0.2, -0.15) is 0 Å². The maximum Gasteiger partial charge on any atom is 0.111 e. The van der Waals surface area contributed by atoms with E-state index in [1.165, 1.54) is 25.7 Å². The molecule has 4 N–H and O–H groups in total. The van der Waals surface area contributed by atoms with Crippen LogP contribution < -0.4 is 0 Å². The summed E-state index contributed by atoms with van der Waals surface area (Å²) in [5.41, 5.74) is 0. The molecule has 114 valence electrons. The largest absolute Gasteiger partial charge is 0.394 e. The highest BCUT2D eigenvalue weighted by Gasteiger charge is 2.42. The van der Waals surface area contributed by atoms with Gasteiger partial charge in [0.25, 0.3) is 0 Å². The second-order valence-corrected chi connectivity index (χ2v) is 5.42. The average molecular weight is 276 g/mol. The minimum atomic E-state index is -1.24. The van der Waals surface area contributed by atoms with Crippen molar-refractivity contribution in [1.29, 1.82) is 0 Å². The Bertz CT molecular complexity index is 234. The maximum atomic E-state index is 9.85. The van der Waals surface area contributed by atoms with Crippen LogP contribution in [0.25, 0.3) is 0 Å². The monoisotopic (exact) mass is 276 g/mol. The molecular formula is C14H28O5. The Morgan fingerprint density at radius 3 is 2.00 bits per heavy atom. The lowest BCUT2D eigenvalue weighted by atomic mass is 9.92. The maximum absolute atomic E-state index is 9.85. The Kier molecular flexibility index (Phi) is 7.87. The molecule has 5 heteroatoms. The van der Waals surface area contributed by atoms with Crippen LogP contribution in [0.15, 0.2) is 0 Å². The van der Waals surface area contributed by atoms with Crippen LogP contribution in [0.3, 0.4) is 0 Å². The quantitative estimate of drug-likeness (QED) is 0.487. The highest BCUT2D eigenvalue weighted by molar-refractivity contribution is 4.91. The van der Waals surface area contributed by atoms with Crippen LogP contribution >= 0.6 is 0 Å². The third-order valence-electron chi connectivity index (χ3n) is 3.83. The van der Waals surface area contributed by atoms with E-state index in [-0.39, 0.29) is 6.61 Å². The van der Waals surface area contributed by atoms with E-state index in [0.717, 1.165) is 12.8 Å². The minimum absolute atomic E-state index is 0.349. The standard InChI is InChI=1S/C14H28O5/c1-2-3-4-5-6-7-8-10-12(16)14(18)13(17)11(9-15)19-10/h10-18H,2-9H2,1H3/t10?,11-,12+,13-,14-/m1/s1. The number of hydrogen-bond acceptors (Lipinski definition) is 5. The van der Waals surface area contributed by atoms with Crippen LogP contribution in [-0.4, -0.2) is 57.6 Å². The fourth-order valence-corrected chi connectivity index (χ4v) is 2.54. The fourth-order valence-electron chi connectivity index (χ4n) is 2.54. The SMILES string of the molecule is CCCCCCCCC1O[C@H](CO)[C@@H](O)[C@H](O)[C@H]1O. The lowest BCUT2D eigenvalue weighted by Crippen LogP contribution is -2.58. The number of rotatable bonds is 8. The molecule has 19 heavy (non-hydrogen) atoms. The molecule has 0 aromatic carbocycles. The molecule has 1 rings (SSSR count). The van der Waals surface area contributed by atoms with Gasteiger partial charge in [-0.25, -0.2) is 0 Å². The van der Waals surface area contributed by atoms with Crippen molar-refractivity contribution in [1.82, 2.24) is 0 Å². The second kappa shape index (κ2) is 8.87. The van der Waals surface area contributed by atoms with E-state index in [4.69, 9.17) is 9.84 Å². The first-order chi connectivity index (χ1) is 9.11. The summed E-state index contributed by atoms with van der Waals surface area (Å²) in [6, 6.07) is 0. The van der Waals surface area contributed by atoms with Gasteiger partial charge in [0, 0.05) is 0 Å². The van der Waals surface area contributed by atoms with E-state index in [9.17, 15) is 15.3 Å². The van der Waals surface area contributed by atoms with Gasteiger partial charge >= 0.3 is 0 Å². The number of unbranched alkanes of at least 4 members (excludes halogenated alkanes) is 5. The lowest BCUT2D eigenvalue weighted by molar-refractivity contribution is -0.230. The molecular weight excluding hydrogens is 248 g/mol. The van der Waals surface area contributed by atoms with Crippen LogP contribution in [-0.2, 0) is 4.74 Å². The number of aliphatic hydroxyl groups is 4. The van der Waals surface area contributed by atoms with Crippen LogP contribution in [0, 0.1) is 0 Å². The molecule has 1 aliphatic heterocycles. The molecule has 5 nitrogen and oxygen atoms in total. The van der Waals surface area contributed by atoms with E-state index in [1.807, 2.05) is 0 Å². The van der Waals surface area contributed by atoms with Gasteiger partial charge in [0.2, 0.25) is 0 Å². The zero-order valence-electron chi connectivity index (χ0n) is 11.7. The van der Waals surface area contributed by atoms with Crippen molar-refractivity contribution in [2.24, 2.45) is 0 Å². The molecule has 5 atom stereocenters. The first-order valence-electron chi connectivity index (χ1n) is 7.42. The molecule has 0 aromatic rings. The van der Waals surface area contributed by atoms with Crippen molar-refractivity contribution < 1.29 is 25.2 Å². The molecule has 0 aliphatic carbocycles. The summed E-state index contributed by atoms with van der Waals surface area (Å²) >= 11 is 0. The third-order valence-corrected chi connectivity index (χ3v) is 3.83. The van der Waals surface area contributed by atoms with E-state index in [1.54, 1.807) is 0 Å². The summed E-state index contributed by atoms with van der Waals surface area (Å²) in [5, 5.41) is 38.2. The Morgan fingerprint density at radius 2 is 1.37 bits per heavy atom. The second-order valence-electron chi connectivity index (χ2n) is 5.42. The van der Waals surface area contributed by atoms with E-state index < -0.39 is 30.5 Å². The molecule has 0 saturated carbocycles. The van der Waals surface area contributed by atoms with Crippen molar-refractivity contribution >= 4 is 0 Å². The van der Waals surface area contributed by atoms with Gasteiger partial charge in [0.15, 0.2) is 0 Å². The van der Waals surface area contributed by atoms with Crippen LogP contribution in [0.1, 0.15) is 51.9 Å². The van der Waals surface area contributed by atoms with Crippen LogP contribution in [0.2, 0.25) is 0 Å². The van der Waals surface area contributed by atoms with E-state index in [2.05, 4.69) is 6.92 Å². The van der Waals surface area contributed by atoms with E-state index >= 15 is 0 Å². The lowest BCUT2D eigenvalue weighted by Gasteiger charge is -2.40. The van der Waals surface area contributed by atoms with E-state index in [0.29, 0.717) is 6.42 Å². The van der Waals surface area contributed by atoms with Gasteiger partial charge in [0.05, 0.1) is 12.7 Å². The molecule has 1 unspecified atom stereocenters. The highest BCUT2D eigenvalue weighted by atomic mass is 16.5. The Balaban J connectivity index is 2.28. The van der Waals surface area contributed by atoms with Gasteiger partial charge in [-0.15, -0.1) is 0 Å². The number of hydrogen-bond donors (Lipinski definition) is 4. The molecule has 1 saturated heterocycles. The Labute approximate surface area is 115 Å². The first kappa shape index (κ1) is 16.9. The first-order valence-corrected chi connectivity index (χ1v) is 7.42. The van der Waals surface area contributed by atoms with Gasteiger partial charge in [0.1, 0.15) is 24.4 Å². The molecule has 1 fully saturated rings. The molecule has 1 heterocycles. The van der Waals surface area contributed by atoms with Crippen molar-refractivity contribution in [3.8, 4) is 0 Å². The summed E-state index contributed by atoms with van der Waals surface area (Å²) in [6.45, 7) is 1.83. The predicted octanol–water partition coefficient (Wildman–Crippen LogP) is 0.579. The zero-order valence-corrected chi connectivity index (χ0v) is 11.7. The molecule has 0 amide bonds. The highest BCUT2D eigenvalue weighted by Crippen LogP contribution is 2.24. The molecule has 0 radical (unpaired) electrons. The van der Waals surface area contributed by atoms with Gasteiger partial charge in [-0.3, -0.25) is 0 Å². The molecule has 0 spiro atoms. The zero-order chi connectivity index (χ0) is 14.3. The van der Waals surface area contributed by atoms with Crippen molar-refractivity contribution in [2.75, 3.05) is 6.61 Å². The summed E-state index contributed by atoms with van der Waals surface area (Å²) < 4.78 is 5.45. The number of aliphatic hydroxyl groups excluding tert-OH is 4. The molecule has 0 aromatic heterocycles. The van der Waals surface area contributed by atoms with Gasteiger partial charge in [-0.1, -0.05) is 45.4 Å².